The van der Waals surface area contributed by atoms with Crippen LogP contribution >= 0.6 is 0 Å². The predicted molar refractivity (Wildman–Crippen MR) is 151 cm³/mol. The largest absolute Gasteiger partial charge is 0.573 e. The summed E-state index contributed by atoms with van der Waals surface area (Å²) in [4.78, 5) is 15.8. The second kappa shape index (κ2) is 11.4. The number of benzene rings is 2. The minimum absolute atomic E-state index is 0.145. The third kappa shape index (κ3) is 6.08. The van der Waals surface area contributed by atoms with E-state index in [2.05, 4.69) is 33.9 Å². The van der Waals surface area contributed by atoms with Gasteiger partial charge >= 0.3 is 12.3 Å². The Kier molecular flexibility index (Phi) is 7.73. The van der Waals surface area contributed by atoms with Crippen LogP contribution in [0.4, 0.5) is 13.2 Å². The molecule has 2 heterocycles. The highest BCUT2D eigenvalue weighted by Crippen LogP contribution is 2.48. The van der Waals surface area contributed by atoms with Crippen LogP contribution in [0.5, 0.6) is 5.75 Å². The van der Waals surface area contributed by atoms with Gasteiger partial charge in [-0.3, -0.25) is 0 Å². The number of aromatic carboxylic acids is 1. The molecular weight excluding hydrogens is 579 g/mol. The quantitative estimate of drug-likeness (QED) is 0.190. The Morgan fingerprint density at radius 2 is 1.73 bits per heavy atom. The number of halogens is 3. The van der Waals surface area contributed by atoms with E-state index in [0.717, 1.165) is 19.3 Å². The van der Waals surface area contributed by atoms with E-state index in [-0.39, 0.29) is 34.8 Å². The average molecular weight is 612 g/mol. The third-order valence-electron chi connectivity index (χ3n) is 8.90. The van der Waals surface area contributed by atoms with E-state index in [0.29, 0.717) is 60.0 Å². The number of carboxylic acid groups (broad SMARTS) is 1. The Balaban J connectivity index is 1.18. The zero-order chi connectivity index (χ0) is 31.1. The highest BCUT2D eigenvalue weighted by molar-refractivity contribution is 5.88. The van der Waals surface area contributed by atoms with Crippen molar-refractivity contribution < 1.29 is 41.6 Å². The zero-order valence-electron chi connectivity index (χ0n) is 24.3. The van der Waals surface area contributed by atoms with Gasteiger partial charge < -0.3 is 23.6 Å². The molecule has 44 heavy (non-hydrogen) atoms. The fourth-order valence-electron chi connectivity index (χ4n) is 5.86. The number of carbonyl (C=O) groups is 1. The molecule has 6 rings (SSSR count). The number of alkyl halides is 3. The Morgan fingerprint density at radius 1 is 1.02 bits per heavy atom. The molecule has 12 heteroatoms. The first-order valence-electron chi connectivity index (χ1n) is 14.6. The Hall–Kier alpha value is -4.19. The molecule has 0 radical (unpaired) electrons. The van der Waals surface area contributed by atoms with Gasteiger partial charge in [-0.2, -0.15) is 4.98 Å². The van der Waals surface area contributed by atoms with Gasteiger partial charge in [-0.25, -0.2) is 4.79 Å². The molecule has 2 saturated carbocycles. The van der Waals surface area contributed by atoms with Gasteiger partial charge in [0.1, 0.15) is 17.2 Å². The first-order chi connectivity index (χ1) is 21.0. The van der Waals surface area contributed by atoms with E-state index in [1.807, 2.05) is 0 Å². The summed E-state index contributed by atoms with van der Waals surface area (Å²) in [6.07, 6.45) is 0.590. The maximum Gasteiger partial charge on any atom is 0.573 e. The summed E-state index contributed by atoms with van der Waals surface area (Å²) in [5.74, 6) is 0.383. The molecule has 2 aromatic carbocycles. The second-order valence-electron chi connectivity index (χ2n) is 11.9. The Morgan fingerprint density at radius 3 is 2.36 bits per heavy atom. The van der Waals surface area contributed by atoms with Crippen LogP contribution in [-0.4, -0.2) is 38.3 Å². The van der Waals surface area contributed by atoms with Gasteiger partial charge in [-0.15, -0.1) is 13.2 Å². The van der Waals surface area contributed by atoms with Gasteiger partial charge in [0.05, 0.1) is 17.8 Å². The lowest BCUT2D eigenvalue weighted by Gasteiger charge is -2.43. The highest BCUT2D eigenvalue weighted by Gasteiger charge is 2.45. The van der Waals surface area contributed by atoms with Crippen molar-refractivity contribution in [3.05, 3.63) is 71.3 Å². The summed E-state index contributed by atoms with van der Waals surface area (Å²) >= 11 is 0. The van der Waals surface area contributed by atoms with E-state index in [9.17, 15) is 18.0 Å². The molecule has 9 nitrogen and oxygen atoms in total. The summed E-state index contributed by atoms with van der Waals surface area (Å²) in [5.41, 5.74) is 1.14. The van der Waals surface area contributed by atoms with Crippen molar-refractivity contribution in [1.82, 2.24) is 15.3 Å². The molecule has 4 aromatic rings. The fraction of sp³-hybridized carbons (Fsp3) is 0.438. The number of hydrogen-bond donors (Lipinski definition) is 1. The lowest BCUT2D eigenvalue weighted by Crippen LogP contribution is -2.41. The molecule has 0 atom stereocenters. The van der Waals surface area contributed by atoms with Crippen LogP contribution in [0.3, 0.4) is 0 Å². The molecular formula is C32H32F3N3O6. The number of rotatable bonds is 10. The summed E-state index contributed by atoms with van der Waals surface area (Å²) in [6, 6.07) is 12.2. The smallest absolute Gasteiger partial charge is 0.478 e. The summed E-state index contributed by atoms with van der Waals surface area (Å²) < 4.78 is 61.8. The van der Waals surface area contributed by atoms with Crippen molar-refractivity contribution in [2.45, 2.75) is 88.7 Å². The van der Waals surface area contributed by atoms with Crippen LogP contribution in [0.2, 0.25) is 0 Å². The zero-order valence-corrected chi connectivity index (χ0v) is 24.3. The number of para-hydroxylation sites is 1. The Bertz CT molecular complexity index is 1630. The molecule has 2 aliphatic carbocycles. The third-order valence-corrected chi connectivity index (χ3v) is 8.90. The van der Waals surface area contributed by atoms with Crippen molar-refractivity contribution in [3.63, 3.8) is 0 Å². The average Bonchev–Trinajstić information content (AvgIpc) is 3.55. The normalized spacial score (nSPS) is 22.2. The standard InChI is InChI=1S/C32H32F3N3O6/c1-3-31(16-14-30(2,15-17-31)29-36-27(38-44-29)20-10-12-21(13-11-20)28(39)40)41-18-23-25(37-43-26(23)19-8-9-19)22-6-4-5-7-24(22)42-32(33,34)35/h4-7,10-13,19H,3,8-9,14-18H2,1-2H3,(H,39,40). The molecule has 0 unspecified atom stereocenters. The van der Waals surface area contributed by atoms with Crippen LogP contribution in [0.1, 0.15) is 92.3 Å². The molecule has 2 fully saturated rings. The summed E-state index contributed by atoms with van der Waals surface area (Å²) in [5, 5.41) is 17.5. The van der Waals surface area contributed by atoms with Crippen molar-refractivity contribution in [1.29, 1.82) is 0 Å². The maximum absolute atomic E-state index is 13.2. The minimum Gasteiger partial charge on any atom is -0.478 e. The van der Waals surface area contributed by atoms with Gasteiger partial charge in [0, 0.05) is 28.0 Å². The molecule has 0 bridgehead atoms. The summed E-state index contributed by atoms with van der Waals surface area (Å²) in [6.45, 7) is 4.29. The van der Waals surface area contributed by atoms with Gasteiger partial charge in [-0.05, 0) is 69.2 Å². The lowest BCUT2D eigenvalue weighted by atomic mass is 9.68. The number of aromatic nitrogens is 3. The monoisotopic (exact) mass is 611 g/mol. The number of hydrogen-bond acceptors (Lipinski definition) is 8. The maximum atomic E-state index is 13.2. The van der Waals surface area contributed by atoms with E-state index < -0.39 is 17.9 Å². The lowest BCUT2D eigenvalue weighted by molar-refractivity contribution is -0.274. The molecule has 0 aliphatic heterocycles. The predicted octanol–water partition coefficient (Wildman–Crippen LogP) is 8.06. The van der Waals surface area contributed by atoms with Crippen molar-refractivity contribution in [3.8, 4) is 28.4 Å². The van der Waals surface area contributed by atoms with Crippen LogP contribution in [0.25, 0.3) is 22.6 Å². The molecule has 2 aromatic heterocycles. The van der Waals surface area contributed by atoms with Crippen molar-refractivity contribution in [2.75, 3.05) is 0 Å². The fourth-order valence-corrected chi connectivity index (χ4v) is 5.86. The van der Waals surface area contributed by atoms with Crippen molar-refractivity contribution >= 4 is 5.97 Å². The molecule has 0 amide bonds. The molecule has 232 valence electrons. The molecule has 1 N–H and O–H groups in total. The van der Waals surface area contributed by atoms with Gasteiger partial charge in [0.2, 0.25) is 11.7 Å². The van der Waals surface area contributed by atoms with Crippen LogP contribution in [0, 0.1) is 0 Å². The van der Waals surface area contributed by atoms with Crippen LogP contribution < -0.4 is 4.74 Å². The van der Waals surface area contributed by atoms with E-state index in [1.165, 1.54) is 24.3 Å². The van der Waals surface area contributed by atoms with Crippen LogP contribution in [0.15, 0.2) is 57.6 Å². The molecule has 0 saturated heterocycles. The number of nitrogens with zero attached hydrogens (tertiary/aromatic N) is 3. The number of ether oxygens (including phenoxy) is 2. The SMILES string of the molecule is CCC1(OCc2c(-c3ccccc3OC(F)(F)F)noc2C2CC2)CCC(C)(c2nc(-c3ccc(C(=O)O)cc3)no2)CC1. The topological polar surface area (TPSA) is 121 Å². The second-order valence-corrected chi connectivity index (χ2v) is 11.9. The van der Waals surface area contributed by atoms with E-state index >= 15 is 0 Å². The first-order valence-corrected chi connectivity index (χ1v) is 14.6. The Labute approximate surface area is 251 Å². The van der Waals surface area contributed by atoms with Gasteiger partial charge in [0.25, 0.3) is 0 Å². The van der Waals surface area contributed by atoms with E-state index in [1.54, 1.807) is 24.3 Å². The molecule has 2 aliphatic rings. The van der Waals surface area contributed by atoms with E-state index in [4.69, 9.17) is 18.9 Å². The van der Waals surface area contributed by atoms with Gasteiger partial charge in [0.15, 0.2) is 0 Å². The van der Waals surface area contributed by atoms with Gasteiger partial charge in [-0.1, -0.05) is 48.4 Å². The van der Waals surface area contributed by atoms with Crippen molar-refractivity contribution in [2.24, 2.45) is 0 Å². The highest BCUT2D eigenvalue weighted by atomic mass is 19.4. The molecule has 0 spiro atoms. The minimum atomic E-state index is -4.85. The summed E-state index contributed by atoms with van der Waals surface area (Å²) in [7, 11) is 0. The number of carboxylic acids is 1. The first kappa shape index (κ1) is 29.9. The van der Waals surface area contributed by atoms with Crippen LogP contribution in [-0.2, 0) is 16.8 Å².